The summed E-state index contributed by atoms with van der Waals surface area (Å²) >= 11 is 0. The highest BCUT2D eigenvalue weighted by Gasteiger charge is 2.46. The van der Waals surface area contributed by atoms with Gasteiger partial charge in [-0.1, -0.05) is 20.8 Å². The molecule has 0 N–H and O–H groups in total. The minimum atomic E-state index is -0.845. The van der Waals surface area contributed by atoms with Crippen LogP contribution in [0.1, 0.15) is 44.5 Å². The summed E-state index contributed by atoms with van der Waals surface area (Å²) in [5, 5.41) is 0. The van der Waals surface area contributed by atoms with E-state index in [0.717, 1.165) is 25.2 Å². The van der Waals surface area contributed by atoms with Crippen LogP contribution in [0, 0.1) is 5.41 Å². The summed E-state index contributed by atoms with van der Waals surface area (Å²) in [6.45, 7) is 10.1. The fourth-order valence-electron chi connectivity index (χ4n) is 2.66. The van der Waals surface area contributed by atoms with Crippen molar-refractivity contribution in [3.63, 3.8) is 0 Å². The molecule has 1 aromatic carbocycles. The Bertz CT molecular complexity index is 565. The zero-order valence-electron chi connectivity index (χ0n) is 14.3. The second-order valence-electron chi connectivity index (χ2n) is 6.51. The molecule has 1 aliphatic rings. The van der Waals surface area contributed by atoms with E-state index in [1.807, 2.05) is 26.0 Å². The van der Waals surface area contributed by atoms with E-state index in [4.69, 9.17) is 9.47 Å². The van der Waals surface area contributed by atoms with Gasteiger partial charge >= 0.3 is 11.9 Å². The lowest BCUT2D eigenvalue weighted by atomic mass is 9.90. The van der Waals surface area contributed by atoms with Gasteiger partial charge in [-0.25, -0.2) is 9.59 Å². The molecule has 1 unspecified atom stereocenters. The maximum Gasteiger partial charge on any atom is 0.348 e. The van der Waals surface area contributed by atoms with E-state index in [1.165, 1.54) is 0 Å². The Kier molecular flexibility index (Phi) is 5.29. The third-order valence-corrected chi connectivity index (χ3v) is 4.08. The standard InChI is InChI=1S/C18H25NO4/c1-5-11-19(6-2)14-9-7-13(8-10-14)16(20)23-15-17(21)22-12-18(15,3)4/h7-10,15H,5-6,11-12H2,1-4H3. The summed E-state index contributed by atoms with van der Waals surface area (Å²) in [4.78, 5) is 26.2. The van der Waals surface area contributed by atoms with Crippen molar-refractivity contribution >= 4 is 17.6 Å². The van der Waals surface area contributed by atoms with Crippen LogP contribution in [-0.4, -0.2) is 37.7 Å². The minimum absolute atomic E-state index is 0.269. The molecule has 0 bridgehead atoms. The molecular formula is C18H25NO4. The maximum absolute atomic E-state index is 12.3. The lowest BCUT2D eigenvalue weighted by Gasteiger charge is -2.23. The molecule has 1 atom stereocenters. The molecular weight excluding hydrogens is 294 g/mol. The van der Waals surface area contributed by atoms with E-state index >= 15 is 0 Å². The van der Waals surface area contributed by atoms with Gasteiger partial charge in [0.2, 0.25) is 6.10 Å². The number of hydrogen-bond acceptors (Lipinski definition) is 5. The van der Waals surface area contributed by atoms with Gasteiger partial charge in [-0.3, -0.25) is 0 Å². The Morgan fingerprint density at radius 1 is 1.30 bits per heavy atom. The number of anilines is 1. The number of hydrogen-bond donors (Lipinski definition) is 0. The van der Waals surface area contributed by atoms with Crippen molar-refractivity contribution in [2.24, 2.45) is 5.41 Å². The maximum atomic E-state index is 12.3. The zero-order chi connectivity index (χ0) is 17.0. The first-order valence-electron chi connectivity index (χ1n) is 8.11. The number of cyclic esters (lactones) is 1. The summed E-state index contributed by atoms with van der Waals surface area (Å²) in [7, 11) is 0. The molecule has 0 spiro atoms. The van der Waals surface area contributed by atoms with E-state index in [-0.39, 0.29) is 6.61 Å². The molecule has 5 nitrogen and oxygen atoms in total. The molecule has 0 saturated carbocycles. The second kappa shape index (κ2) is 7.02. The smallest absolute Gasteiger partial charge is 0.348 e. The average Bonchev–Trinajstić information content (AvgIpc) is 2.79. The van der Waals surface area contributed by atoms with E-state index in [0.29, 0.717) is 5.56 Å². The zero-order valence-corrected chi connectivity index (χ0v) is 14.3. The van der Waals surface area contributed by atoms with Gasteiger partial charge in [0.15, 0.2) is 0 Å². The fraction of sp³-hybridized carbons (Fsp3) is 0.556. The third-order valence-electron chi connectivity index (χ3n) is 4.08. The first-order chi connectivity index (χ1) is 10.9. The van der Waals surface area contributed by atoms with Crippen LogP contribution >= 0.6 is 0 Å². The lowest BCUT2D eigenvalue weighted by molar-refractivity contribution is -0.145. The third kappa shape index (κ3) is 3.84. The lowest BCUT2D eigenvalue weighted by Crippen LogP contribution is -2.34. The first kappa shape index (κ1) is 17.3. The Morgan fingerprint density at radius 2 is 1.96 bits per heavy atom. The monoisotopic (exact) mass is 319 g/mol. The molecule has 0 amide bonds. The number of carbonyl (C=O) groups excluding carboxylic acids is 2. The number of esters is 2. The van der Waals surface area contributed by atoms with Crippen molar-refractivity contribution in [3.05, 3.63) is 29.8 Å². The van der Waals surface area contributed by atoms with Crippen LogP contribution in [0.2, 0.25) is 0 Å². The van der Waals surface area contributed by atoms with Gasteiger partial charge in [-0.05, 0) is 37.6 Å². The molecule has 126 valence electrons. The van der Waals surface area contributed by atoms with Gasteiger partial charge in [-0.2, -0.15) is 0 Å². The number of benzene rings is 1. The highest BCUT2D eigenvalue weighted by Crippen LogP contribution is 2.31. The molecule has 1 aromatic rings. The number of carbonyl (C=O) groups is 2. The molecule has 1 aliphatic heterocycles. The summed E-state index contributed by atoms with van der Waals surface area (Å²) in [6, 6.07) is 7.30. The molecule has 5 heteroatoms. The van der Waals surface area contributed by atoms with Crippen LogP contribution in [-0.2, 0) is 14.3 Å². The first-order valence-corrected chi connectivity index (χ1v) is 8.11. The van der Waals surface area contributed by atoms with Crippen LogP contribution in [0.25, 0.3) is 0 Å². The van der Waals surface area contributed by atoms with Crippen molar-refractivity contribution < 1.29 is 19.1 Å². The largest absolute Gasteiger partial charge is 0.462 e. The molecule has 0 radical (unpaired) electrons. The summed E-state index contributed by atoms with van der Waals surface area (Å²) in [6.07, 6.45) is 0.221. The predicted octanol–water partition coefficient (Wildman–Crippen LogP) is 3.03. The summed E-state index contributed by atoms with van der Waals surface area (Å²) < 4.78 is 10.4. The van der Waals surface area contributed by atoms with E-state index in [9.17, 15) is 9.59 Å². The van der Waals surface area contributed by atoms with Gasteiger partial charge in [0.05, 0.1) is 5.56 Å². The average molecular weight is 319 g/mol. The van der Waals surface area contributed by atoms with Gasteiger partial charge < -0.3 is 14.4 Å². The second-order valence-corrected chi connectivity index (χ2v) is 6.51. The molecule has 0 aromatic heterocycles. The molecule has 2 rings (SSSR count). The topological polar surface area (TPSA) is 55.8 Å². The Morgan fingerprint density at radius 3 is 2.43 bits per heavy atom. The van der Waals surface area contributed by atoms with Crippen LogP contribution < -0.4 is 4.90 Å². The molecule has 1 heterocycles. The Balaban J connectivity index is 2.07. The summed E-state index contributed by atoms with van der Waals surface area (Å²) in [5.41, 5.74) is 1.02. The molecule has 1 saturated heterocycles. The minimum Gasteiger partial charge on any atom is -0.462 e. The van der Waals surface area contributed by atoms with E-state index in [2.05, 4.69) is 18.7 Å². The molecule has 0 aliphatic carbocycles. The Labute approximate surface area is 137 Å². The fourth-order valence-corrected chi connectivity index (χ4v) is 2.66. The van der Waals surface area contributed by atoms with Crippen LogP contribution in [0.3, 0.4) is 0 Å². The number of nitrogens with zero attached hydrogens (tertiary/aromatic N) is 1. The molecule has 23 heavy (non-hydrogen) atoms. The van der Waals surface area contributed by atoms with Crippen LogP contribution in [0.4, 0.5) is 5.69 Å². The SMILES string of the molecule is CCCN(CC)c1ccc(C(=O)OC2C(=O)OCC2(C)C)cc1. The number of ether oxygens (including phenoxy) is 2. The van der Waals surface area contributed by atoms with Crippen molar-refractivity contribution in [2.45, 2.75) is 40.2 Å². The molecule has 1 fully saturated rings. The van der Waals surface area contributed by atoms with E-state index < -0.39 is 23.5 Å². The predicted molar refractivity (Wildman–Crippen MR) is 88.6 cm³/mol. The van der Waals surface area contributed by atoms with E-state index in [1.54, 1.807) is 12.1 Å². The van der Waals surface area contributed by atoms with Crippen molar-refractivity contribution in [2.75, 3.05) is 24.6 Å². The number of rotatable bonds is 6. The van der Waals surface area contributed by atoms with Crippen LogP contribution in [0.15, 0.2) is 24.3 Å². The van der Waals surface area contributed by atoms with Gasteiger partial charge in [0, 0.05) is 24.2 Å². The van der Waals surface area contributed by atoms with Crippen molar-refractivity contribution in [1.82, 2.24) is 0 Å². The van der Waals surface area contributed by atoms with Crippen molar-refractivity contribution in [3.8, 4) is 0 Å². The van der Waals surface area contributed by atoms with Gasteiger partial charge in [-0.15, -0.1) is 0 Å². The van der Waals surface area contributed by atoms with Crippen molar-refractivity contribution in [1.29, 1.82) is 0 Å². The normalized spacial score (nSPS) is 19.3. The highest BCUT2D eigenvalue weighted by atomic mass is 16.6. The van der Waals surface area contributed by atoms with Gasteiger partial charge in [0.1, 0.15) is 6.61 Å². The van der Waals surface area contributed by atoms with Gasteiger partial charge in [0.25, 0.3) is 0 Å². The quantitative estimate of drug-likeness (QED) is 0.754. The highest BCUT2D eigenvalue weighted by molar-refractivity contribution is 5.92. The van der Waals surface area contributed by atoms with Crippen LogP contribution in [0.5, 0.6) is 0 Å². The summed E-state index contributed by atoms with van der Waals surface area (Å²) in [5.74, 6) is -0.966. The Hall–Kier alpha value is -2.04.